The van der Waals surface area contributed by atoms with Gasteiger partial charge in [-0.15, -0.1) is 0 Å². The Morgan fingerprint density at radius 1 is 1.14 bits per heavy atom. The number of piperidine rings is 1. The molecule has 1 aliphatic rings. The number of rotatable bonds is 3. The highest BCUT2D eigenvalue weighted by atomic mass is 35.5. The molecule has 2 N–H and O–H groups in total. The summed E-state index contributed by atoms with van der Waals surface area (Å²) in [6, 6.07) is 10.6. The van der Waals surface area contributed by atoms with E-state index in [1.165, 1.54) is 0 Å². The molecular formula is C21H22Cl2N4O2. The first kappa shape index (κ1) is 19.9. The lowest BCUT2D eigenvalue weighted by Crippen LogP contribution is -2.43. The van der Waals surface area contributed by atoms with Crippen LogP contribution >= 0.6 is 23.2 Å². The highest BCUT2D eigenvalue weighted by Crippen LogP contribution is 2.27. The molecule has 2 aromatic carbocycles. The summed E-state index contributed by atoms with van der Waals surface area (Å²) in [7, 11) is 1.75. The lowest BCUT2D eigenvalue weighted by atomic mass is 10.0. The molecule has 4 rings (SSSR count). The monoisotopic (exact) mass is 432 g/mol. The number of likely N-dealkylation sites (tertiary alicyclic amines) is 1. The van der Waals surface area contributed by atoms with E-state index < -0.39 is 0 Å². The number of carbonyl (C=O) groups is 1. The summed E-state index contributed by atoms with van der Waals surface area (Å²) in [5, 5.41) is 1.02. The lowest BCUT2D eigenvalue weighted by Gasteiger charge is -2.33. The fourth-order valence-electron chi connectivity index (χ4n) is 4.12. The minimum absolute atomic E-state index is 0.00515. The zero-order valence-electron chi connectivity index (χ0n) is 16.1. The minimum Gasteiger partial charge on any atom is -0.399 e. The number of hydrogen-bond acceptors (Lipinski definition) is 3. The average Bonchev–Trinajstić information content (AvgIpc) is 2.91. The van der Waals surface area contributed by atoms with Crippen molar-refractivity contribution < 1.29 is 4.79 Å². The van der Waals surface area contributed by atoms with Gasteiger partial charge in [0.15, 0.2) is 0 Å². The van der Waals surface area contributed by atoms with Crippen LogP contribution in [-0.4, -0.2) is 33.0 Å². The number of aromatic nitrogens is 2. The molecule has 0 bridgehead atoms. The van der Waals surface area contributed by atoms with E-state index in [0.717, 1.165) is 29.4 Å². The fourth-order valence-corrected chi connectivity index (χ4v) is 4.70. The zero-order valence-corrected chi connectivity index (χ0v) is 17.6. The number of benzene rings is 2. The Morgan fingerprint density at radius 2 is 1.86 bits per heavy atom. The van der Waals surface area contributed by atoms with Gasteiger partial charge < -0.3 is 10.6 Å². The number of amides is 1. The molecule has 1 saturated heterocycles. The number of imidazole rings is 1. The van der Waals surface area contributed by atoms with Crippen LogP contribution in [0.4, 0.5) is 5.69 Å². The number of halogens is 2. The zero-order chi connectivity index (χ0) is 20.7. The lowest BCUT2D eigenvalue weighted by molar-refractivity contribution is -0.132. The van der Waals surface area contributed by atoms with Crippen molar-refractivity contribution in [3.63, 3.8) is 0 Å². The molecule has 1 aliphatic heterocycles. The molecule has 6 nitrogen and oxygen atoms in total. The maximum atomic E-state index is 12.9. The third kappa shape index (κ3) is 3.87. The molecule has 1 aromatic heterocycles. The predicted octanol–water partition coefficient (Wildman–Crippen LogP) is 3.64. The molecule has 0 saturated carbocycles. The van der Waals surface area contributed by atoms with E-state index in [2.05, 4.69) is 0 Å². The summed E-state index contributed by atoms with van der Waals surface area (Å²) in [4.78, 5) is 27.6. The van der Waals surface area contributed by atoms with E-state index in [1.807, 2.05) is 17.0 Å². The van der Waals surface area contributed by atoms with Gasteiger partial charge in [-0.25, -0.2) is 4.79 Å². The van der Waals surface area contributed by atoms with Crippen LogP contribution in [0, 0.1) is 0 Å². The van der Waals surface area contributed by atoms with E-state index in [4.69, 9.17) is 28.9 Å². The van der Waals surface area contributed by atoms with Gasteiger partial charge >= 0.3 is 5.69 Å². The molecule has 0 unspecified atom stereocenters. The molecule has 1 amide bonds. The number of carbonyl (C=O) groups excluding carboxylic acids is 1. The van der Waals surface area contributed by atoms with Crippen LogP contribution in [0.3, 0.4) is 0 Å². The van der Waals surface area contributed by atoms with Gasteiger partial charge in [0.1, 0.15) is 0 Å². The second-order valence-electron chi connectivity index (χ2n) is 7.55. The molecule has 29 heavy (non-hydrogen) atoms. The number of fused-ring (bicyclic) bond motifs is 1. The van der Waals surface area contributed by atoms with Crippen molar-refractivity contribution in [3.05, 3.63) is 62.5 Å². The van der Waals surface area contributed by atoms with Crippen molar-refractivity contribution >= 4 is 45.8 Å². The van der Waals surface area contributed by atoms with Crippen LogP contribution in [0.2, 0.25) is 10.0 Å². The average molecular weight is 433 g/mol. The predicted molar refractivity (Wildman–Crippen MR) is 117 cm³/mol. The maximum Gasteiger partial charge on any atom is 0.329 e. The second kappa shape index (κ2) is 7.76. The molecule has 1 fully saturated rings. The SMILES string of the molecule is Cn1c(=O)n([C@H]2CCCN(C(=O)Cc3cc(Cl)cc(Cl)c3)C2)c2ccc(N)cc21. The minimum atomic E-state index is -0.0912. The summed E-state index contributed by atoms with van der Waals surface area (Å²) < 4.78 is 3.41. The quantitative estimate of drug-likeness (QED) is 0.642. The van der Waals surface area contributed by atoms with Gasteiger partial charge in [0.25, 0.3) is 0 Å². The van der Waals surface area contributed by atoms with Crippen LogP contribution in [0.15, 0.2) is 41.2 Å². The highest BCUT2D eigenvalue weighted by molar-refractivity contribution is 6.34. The number of nitrogens with two attached hydrogens (primary N) is 1. The summed E-state index contributed by atoms with van der Waals surface area (Å²) in [6.07, 6.45) is 1.91. The molecular weight excluding hydrogens is 411 g/mol. The largest absolute Gasteiger partial charge is 0.399 e. The Kier molecular flexibility index (Phi) is 5.32. The number of nitrogens with zero attached hydrogens (tertiary/aromatic N) is 3. The van der Waals surface area contributed by atoms with E-state index in [1.54, 1.807) is 40.4 Å². The number of aryl methyl sites for hydroxylation is 1. The van der Waals surface area contributed by atoms with E-state index >= 15 is 0 Å². The Hall–Kier alpha value is -2.44. The van der Waals surface area contributed by atoms with Crippen molar-refractivity contribution in [3.8, 4) is 0 Å². The van der Waals surface area contributed by atoms with Crippen LogP contribution < -0.4 is 11.4 Å². The molecule has 0 spiro atoms. The maximum absolute atomic E-state index is 12.9. The van der Waals surface area contributed by atoms with Crippen LogP contribution in [0.25, 0.3) is 11.0 Å². The van der Waals surface area contributed by atoms with Gasteiger partial charge in [0.2, 0.25) is 5.91 Å². The van der Waals surface area contributed by atoms with Crippen molar-refractivity contribution in [2.24, 2.45) is 7.05 Å². The topological polar surface area (TPSA) is 73.3 Å². The Labute approximate surface area is 178 Å². The second-order valence-corrected chi connectivity index (χ2v) is 8.42. The van der Waals surface area contributed by atoms with Gasteiger partial charge in [0, 0.05) is 35.9 Å². The first-order chi connectivity index (χ1) is 13.8. The van der Waals surface area contributed by atoms with Gasteiger partial charge in [-0.1, -0.05) is 23.2 Å². The molecule has 3 aromatic rings. The fraction of sp³-hybridized carbons (Fsp3) is 0.333. The third-order valence-electron chi connectivity index (χ3n) is 5.51. The smallest absolute Gasteiger partial charge is 0.329 e. The third-order valence-corrected chi connectivity index (χ3v) is 5.94. The molecule has 0 radical (unpaired) electrons. The van der Waals surface area contributed by atoms with Crippen LogP contribution in [0.1, 0.15) is 24.4 Å². The number of anilines is 1. The van der Waals surface area contributed by atoms with Gasteiger partial charge in [-0.05, 0) is 54.8 Å². The van der Waals surface area contributed by atoms with E-state index in [-0.39, 0.29) is 24.1 Å². The van der Waals surface area contributed by atoms with E-state index in [0.29, 0.717) is 28.8 Å². The van der Waals surface area contributed by atoms with Gasteiger partial charge in [-0.2, -0.15) is 0 Å². The number of hydrogen-bond donors (Lipinski definition) is 1. The molecule has 8 heteroatoms. The summed E-state index contributed by atoms with van der Waals surface area (Å²) in [6.45, 7) is 1.17. The molecule has 152 valence electrons. The van der Waals surface area contributed by atoms with Crippen molar-refractivity contribution in [1.82, 2.24) is 14.0 Å². The number of nitrogen functional groups attached to an aromatic ring is 1. The van der Waals surface area contributed by atoms with Crippen molar-refractivity contribution in [2.75, 3.05) is 18.8 Å². The van der Waals surface area contributed by atoms with Crippen molar-refractivity contribution in [1.29, 1.82) is 0 Å². The molecule has 0 aliphatic carbocycles. The van der Waals surface area contributed by atoms with Gasteiger partial charge in [0.05, 0.1) is 23.5 Å². The van der Waals surface area contributed by atoms with Crippen LogP contribution in [-0.2, 0) is 18.3 Å². The highest BCUT2D eigenvalue weighted by Gasteiger charge is 2.28. The Balaban J connectivity index is 1.59. The summed E-state index contributed by atoms with van der Waals surface area (Å²) >= 11 is 12.1. The molecule has 2 heterocycles. The standard InChI is InChI=1S/C21H22Cl2N4O2/c1-25-19-11-16(24)4-5-18(19)27(21(25)29)17-3-2-6-26(12-17)20(28)9-13-7-14(22)10-15(23)8-13/h4-5,7-8,10-11,17H,2-3,6,9,12,24H2,1H3/t17-/m0/s1. The Bertz CT molecular complexity index is 1130. The first-order valence-electron chi connectivity index (χ1n) is 9.52. The van der Waals surface area contributed by atoms with Crippen molar-refractivity contribution in [2.45, 2.75) is 25.3 Å². The summed E-state index contributed by atoms with van der Waals surface area (Å²) in [5.41, 5.74) is 8.84. The van der Waals surface area contributed by atoms with E-state index in [9.17, 15) is 9.59 Å². The van der Waals surface area contributed by atoms with Crippen LogP contribution in [0.5, 0.6) is 0 Å². The normalized spacial score (nSPS) is 17.1. The first-order valence-corrected chi connectivity index (χ1v) is 10.3. The van der Waals surface area contributed by atoms with Gasteiger partial charge in [-0.3, -0.25) is 13.9 Å². The molecule has 1 atom stereocenters. The Morgan fingerprint density at radius 3 is 2.59 bits per heavy atom. The summed E-state index contributed by atoms with van der Waals surface area (Å²) in [5.74, 6) is 0.00515.